The Labute approximate surface area is 117 Å². The van der Waals surface area contributed by atoms with Gasteiger partial charge in [-0.05, 0) is 43.3 Å². The molecule has 1 aromatic carbocycles. The van der Waals surface area contributed by atoms with Crippen LogP contribution in [0.15, 0.2) is 40.8 Å². The molecular weight excluding hydrogens is 289 g/mol. The third-order valence-electron chi connectivity index (χ3n) is 2.73. The number of aromatic carboxylic acids is 1. The van der Waals surface area contributed by atoms with Gasteiger partial charge in [0.05, 0.1) is 5.56 Å². The number of carboxylic acid groups (broad SMARTS) is 1. The van der Waals surface area contributed by atoms with E-state index in [0.717, 1.165) is 12.1 Å². The van der Waals surface area contributed by atoms with Crippen molar-refractivity contribution in [3.63, 3.8) is 0 Å². The standard InChI is InChI=1S/C14H11F3O4/c1-8(11-6-7-12(21-11)13(18)19)20-10-4-2-9(3-5-10)14(15,16)17/h2-8H,1H3,(H,18,19). The maximum Gasteiger partial charge on any atom is 0.416 e. The second-order valence-corrected chi connectivity index (χ2v) is 4.29. The molecule has 0 bridgehead atoms. The molecule has 0 aliphatic carbocycles. The Bertz CT molecular complexity index is 628. The predicted octanol–water partition coefficient (Wildman–Crippen LogP) is 4.14. The molecule has 1 heterocycles. The lowest BCUT2D eigenvalue weighted by atomic mass is 10.2. The minimum Gasteiger partial charge on any atom is -0.483 e. The summed E-state index contributed by atoms with van der Waals surface area (Å²) in [7, 11) is 0. The molecule has 112 valence electrons. The number of carboxylic acids is 1. The summed E-state index contributed by atoms with van der Waals surface area (Å²) < 4.78 is 47.7. The maximum atomic E-state index is 12.4. The van der Waals surface area contributed by atoms with Crippen LogP contribution in [0, 0.1) is 0 Å². The van der Waals surface area contributed by atoms with E-state index in [1.807, 2.05) is 0 Å². The summed E-state index contributed by atoms with van der Waals surface area (Å²) in [6.45, 7) is 1.60. The van der Waals surface area contributed by atoms with Crippen LogP contribution < -0.4 is 4.74 Å². The molecule has 0 fully saturated rings. The zero-order valence-corrected chi connectivity index (χ0v) is 10.8. The molecule has 0 aliphatic rings. The van der Waals surface area contributed by atoms with E-state index in [-0.39, 0.29) is 17.3 Å². The zero-order chi connectivity index (χ0) is 15.6. The van der Waals surface area contributed by atoms with Crippen LogP contribution in [-0.4, -0.2) is 11.1 Å². The summed E-state index contributed by atoms with van der Waals surface area (Å²) >= 11 is 0. The van der Waals surface area contributed by atoms with Gasteiger partial charge in [0.2, 0.25) is 5.76 Å². The van der Waals surface area contributed by atoms with Gasteiger partial charge in [-0.3, -0.25) is 0 Å². The van der Waals surface area contributed by atoms with Crippen molar-refractivity contribution in [3.05, 3.63) is 53.5 Å². The first-order chi connectivity index (χ1) is 9.77. The lowest BCUT2D eigenvalue weighted by Gasteiger charge is -2.13. The van der Waals surface area contributed by atoms with Crippen molar-refractivity contribution in [1.82, 2.24) is 0 Å². The summed E-state index contributed by atoms with van der Waals surface area (Å²) in [6.07, 6.45) is -5.03. The van der Waals surface area contributed by atoms with Gasteiger partial charge in [-0.25, -0.2) is 4.79 Å². The normalized spacial score (nSPS) is 13.0. The van der Waals surface area contributed by atoms with E-state index < -0.39 is 23.8 Å². The van der Waals surface area contributed by atoms with Gasteiger partial charge in [-0.1, -0.05) is 0 Å². The van der Waals surface area contributed by atoms with Crippen LogP contribution in [-0.2, 0) is 6.18 Å². The minimum absolute atomic E-state index is 0.226. The highest BCUT2D eigenvalue weighted by molar-refractivity contribution is 5.84. The Morgan fingerprint density at radius 2 is 1.81 bits per heavy atom. The summed E-state index contributed by atoms with van der Waals surface area (Å²) in [5.74, 6) is -0.938. The van der Waals surface area contributed by atoms with Crippen LogP contribution in [0.5, 0.6) is 5.75 Å². The molecule has 2 rings (SSSR count). The number of alkyl halides is 3. The average molecular weight is 300 g/mol. The van der Waals surface area contributed by atoms with E-state index in [0.29, 0.717) is 0 Å². The quantitative estimate of drug-likeness (QED) is 0.922. The van der Waals surface area contributed by atoms with Gasteiger partial charge in [0.25, 0.3) is 0 Å². The van der Waals surface area contributed by atoms with Crippen molar-refractivity contribution in [2.45, 2.75) is 19.2 Å². The molecule has 1 aromatic heterocycles. The maximum absolute atomic E-state index is 12.4. The van der Waals surface area contributed by atoms with Crippen molar-refractivity contribution < 1.29 is 32.2 Å². The Morgan fingerprint density at radius 3 is 2.29 bits per heavy atom. The van der Waals surface area contributed by atoms with Crippen molar-refractivity contribution in [1.29, 1.82) is 0 Å². The van der Waals surface area contributed by atoms with E-state index in [4.69, 9.17) is 14.3 Å². The third-order valence-corrected chi connectivity index (χ3v) is 2.73. The Morgan fingerprint density at radius 1 is 1.19 bits per heavy atom. The van der Waals surface area contributed by atoms with Crippen molar-refractivity contribution in [3.8, 4) is 5.75 Å². The van der Waals surface area contributed by atoms with E-state index in [1.165, 1.54) is 24.3 Å². The predicted molar refractivity (Wildman–Crippen MR) is 66.2 cm³/mol. The first-order valence-corrected chi connectivity index (χ1v) is 5.94. The summed E-state index contributed by atoms with van der Waals surface area (Å²) in [5, 5.41) is 8.74. The fourth-order valence-corrected chi connectivity index (χ4v) is 1.67. The number of rotatable bonds is 4. The van der Waals surface area contributed by atoms with Crippen molar-refractivity contribution >= 4 is 5.97 Å². The van der Waals surface area contributed by atoms with Crippen LogP contribution in [0.4, 0.5) is 13.2 Å². The molecule has 7 heteroatoms. The topological polar surface area (TPSA) is 59.7 Å². The summed E-state index contributed by atoms with van der Waals surface area (Å²) in [6, 6.07) is 6.93. The summed E-state index contributed by atoms with van der Waals surface area (Å²) in [4.78, 5) is 10.7. The molecule has 21 heavy (non-hydrogen) atoms. The van der Waals surface area contributed by atoms with E-state index in [1.54, 1.807) is 6.92 Å². The molecule has 0 saturated carbocycles. The van der Waals surface area contributed by atoms with Crippen LogP contribution in [0.2, 0.25) is 0 Å². The number of carbonyl (C=O) groups is 1. The molecule has 1 N–H and O–H groups in total. The second-order valence-electron chi connectivity index (χ2n) is 4.29. The number of benzene rings is 1. The molecule has 4 nitrogen and oxygen atoms in total. The smallest absolute Gasteiger partial charge is 0.416 e. The SMILES string of the molecule is CC(Oc1ccc(C(F)(F)F)cc1)c1ccc(C(=O)O)o1. The fraction of sp³-hybridized carbons (Fsp3) is 0.214. The highest BCUT2D eigenvalue weighted by Crippen LogP contribution is 2.31. The Hall–Kier alpha value is -2.44. The van der Waals surface area contributed by atoms with Gasteiger partial charge >= 0.3 is 12.1 Å². The van der Waals surface area contributed by atoms with Crippen molar-refractivity contribution in [2.75, 3.05) is 0 Å². The molecule has 0 spiro atoms. The van der Waals surface area contributed by atoms with Gasteiger partial charge in [0.1, 0.15) is 11.5 Å². The van der Waals surface area contributed by atoms with Gasteiger partial charge in [-0.2, -0.15) is 13.2 Å². The number of ether oxygens (including phenoxy) is 1. The van der Waals surface area contributed by atoms with Gasteiger partial charge < -0.3 is 14.3 Å². The molecule has 0 radical (unpaired) electrons. The average Bonchev–Trinajstić information content (AvgIpc) is 2.88. The number of hydrogen-bond donors (Lipinski definition) is 1. The van der Waals surface area contributed by atoms with Crippen LogP contribution in [0.1, 0.15) is 34.9 Å². The van der Waals surface area contributed by atoms with Crippen LogP contribution in [0.25, 0.3) is 0 Å². The molecule has 0 amide bonds. The molecule has 1 unspecified atom stereocenters. The zero-order valence-electron chi connectivity index (χ0n) is 10.8. The lowest BCUT2D eigenvalue weighted by molar-refractivity contribution is -0.137. The Kier molecular flexibility index (Phi) is 3.93. The monoisotopic (exact) mass is 300 g/mol. The first-order valence-electron chi connectivity index (χ1n) is 5.94. The van der Waals surface area contributed by atoms with Crippen molar-refractivity contribution in [2.24, 2.45) is 0 Å². The van der Waals surface area contributed by atoms with E-state index >= 15 is 0 Å². The molecule has 0 aliphatic heterocycles. The highest BCUT2D eigenvalue weighted by Gasteiger charge is 2.30. The van der Waals surface area contributed by atoms with E-state index in [9.17, 15) is 18.0 Å². The van der Waals surface area contributed by atoms with E-state index in [2.05, 4.69) is 0 Å². The minimum atomic E-state index is -4.40. The van der Waals surface area contributed by atoms with Crippen LogP contribution in [0.3, 0.4) is 0 Å². The fourth-order valence-electron chi connectivity index (χ4n) is 1.67. The second kappa shape index (κ2) is 5.51. The Balaban J connectivity index is 2.08. The number of hydrogen-bond acceptors (Lipinski definition) is 3. The van der Waals surface area contributed by atoms with Crippen LogP contribution >= 0.6 is 0 Å². The molecular formula is C14H11F3O4. The molecule has 2 aromatic rings. The van der Waals surface area contributed by atoms with Gasteiger partial charge in [0, 0.05) is 0 Å². The number of halogens is 3. The van der Waals surface area contributed by atoms with Gasteiger partial charge in [-0.15, -0.1) is 0 Å². The molecule has 1 atom stereocenters. The number of furan rings is 1. The largest absolute Gasteiger partial charge is 0.483 e. The lowest BCUT2D eigenvalue weighted by Crippen LogP contribution is -2.05. The third kappa shape index (κ3) is 3.56. The summed E-state index contributed by atoms with van der Waals surface area (Å²) in [5.41, 5.74) is -0.770. The molecule has 0 saturated heterocycles. The highest BCUT2D eigenvalue weighted by atomic mass is 19.4. The van der Waals surface area contributed by atoms with Gasteiger partial charge in [0.15, 0.2) is 6.10 Å². The first kappa shape index (κ1) is 15.0.